The highest BCUT2D eigenvalue weighted by Gasteiger charge is 2.55. The number of likely N-dealkylation sites (N-methyl/N-ethyl adjacent to an activating group) is 1. The van der Waals surface area contributed by atoms with Crippen LogP contribution in [0.1, 0.15) is 33.1 Å². The summed E-state index contributed by atoms with van der Waals surface area (Å²) in [6.45, 7) is 5.16. The zero-order valence-electron chi connectivity index (χ0n) is 8.89. The lowest BCUT2D eigenvalue weighted by atomic mass is 9.99. The Morgan fingerprint density at radius 2 is 2.00 bits per heavy atom. The van der Waals surface area contributed by atoms with Crippen LogP contribution >= 0.6 is 0 Å². The average molecular weight is 187 g/mol. The number of rotatable bonds is 2. The normalized spacial score (nSPS) is 34.2. The van der Waals surface area contributed by atoms with Gasteiger partial charge in [0.1, 0.15) is 5.60 Å². The van der Waals surface area contributed by atoms with E-state index >= 15 is 0 Å². The van der Waals surface area contributed by atoms with Gasteiger partial charge in [0.15, 0.2) is 0 Å². The second kappa shape index (κ2) is 3.95. The largest absolute Gasteiger partial charge is 0.386 e. The second-order valence-electron chi connectivity index (χ2n) is 3.90. The minimum atomic E-state index is -0.592. The zero-order valence-corrected chi connectivity index (χ0v) is 8.89. The van der Waals surface area contributed by atoms with Crippen LogP contribution in [0.25, 0.3) is 0 Å². The maximum Gasteiger partial charge on any atom is 0.103 e. The molecule has 3 nitrogen and oxygen atoms in total. The van der Waals surface area contributed by atoms with Crippen LogP contribution in [0.2, 0.25) is 0 Å². The lowest BCUT2D eigenvalue weighted by Gasteiger charge is -2.19. The molecule has 1 saturated carbocycles. The molecule has 1 atom stereocenters. The monoisotopic (exact) mass is 187 g/mol. The number of aliphatic hydroxyl groups is 1. The van der Waals surface area contributed by atoms with E-state index in [1.54, 1.807) is 0 Å². The van der Waals surface area contributed by atoms with Gasteiger partial charge in [0, 0.05) is 13.0 Å². The van der Waals surface area contributed by atoms with E-state index in [-0.39, 0.29) is 5.60 Å². The molecule has 2 rings (SSSR count). The van der Waals surface area contributed by atoms with Gasteiger partial charge >= 0.3 is 0 Å². The minimum Gasteiger partial charge on any atom is -0.386 e. The third-order valence-corrected chi connectivity index (χ3v) is 2.61. The van der Waals surface area contributed by atoms with Crippen LogP contribution in [0.5, 0.6) is 0 Å². The van der Waals surface area contributed by atoms with Crippen molar-refractivity contribution in [2.75, 3.05) is 20.2 Å². The number of ether oxygens (including phenoxy) is 1. The Bertz CT molecular complexity index is 168. The quantitative estimate of drug-likeness (QED) is 0.675. The number of hydrogen-bond acceptors (Lipinski definition) is 3. The summed E-state index contributed by atoms with van der Waals surface area (Å²) < 4.78 is 5.53. The van der Waals surface area contributed by atoms with Crippen molar-refractivity contribution >= 4 is 0 Å². The number of nitrogens with one attached hydrogen (secondary N) is 1. The van der Waals surface area contributed by atoms with E-state index in [4.69, 9.17) is 4.74 Å². The van der Waals surface area contributed by atoms with Crippen LogP contribution in [-0.4, -0.2) is 36.5 Å². The molecule has 1 aliphatic carbocycles. The van der Waals surface area contributed by atoms with Crippen molar-refractivity contribution in [3.8, 4) is 0 Å². The van der Waals surface area contributed by atoms with E-state index in [0.717, 1.165) is 19.3 Å². The standard InChI is InChI=1S/C8H15NO2.C2H6/c1-9-5-7(10)4-8(2-3-8)11-6-7;1-2/h9-10H,2-6H2,1H3;1-2H3. The minimum absolute atomic E-state index is 0.0889. The molecule has 2 N–H and O–H groups in total. The summed E-state index contributed by atoms with van der Waals surface area (Å²) in [4.78, 5) is 0. The Morgan fingerprint density at radius 1 is 1.38 bits per heavy atom. The molecule has 0 aromatic heterocycles. The summed E-state index contributed by atoms with van der Waals surface area (Å²) in [7, 11) is 1.86. The van der Waals surface area contributed by atoms with E-state index in [1.165, 1.54) is 0 Å². The lowest BCUT2D eigenvalue weighted by Crippen LogP contribution is -2.40. The Balaban J connectivity index is 0.000000396. The fourth-order valence-corrected chi connectivity index (χ4v) is 1.89. The van der Waals surface area contributed by atoms with Crippen LogP contribution in [0.15, 0.2) is 0 Å². The van der Waals surface area contributed by atoms with Crippen molar-refractivity contribution in [3.63, 3.8) is 0 Å². The molecule has 1 spiro atoms. The molecule has 0 aromatic rings. The fourth-order valence-electron chi connectivity index (χ4n) is 1.89. The molecule has 0 aromatic carbocycles. The summed E-state index contributed by atoms with van der Waals surface area (Å²) in [5, 5.41) is 12.9. The van der Waals surface area contributed by atoms with Crippen LogP contribution in [0.4, 0.5) is 0 Å². The Morgan fingerprint density at radius 3 is 2.38 bits per heavy atom. The SMILES string of the molecule is CC.CNCC1(O)COC2(CC2)C1. The van der Waals surface area contributed by atoms with Gasteiger partial charge in [0.2, 0.25) is 0 Å². The Hall–Kier alpha value is -0.120. The van der Waals surface area contributed by atoms with E-state index in [9.17, 15) is 5.11 Å². The second-order valence-corrected chi connectivity index (χ2v) is 3.90. The average Bonchev–Trinajstić information content (AvgIpc) is 2.78. The molecule has 1 heterocycles. The van der Waals surface area contributed by atoms with Crippen molar-refractivity contribution < 1.29 is 9.84 Å². The van der Waals surface area contributed by atoms with Gasteiger partial charge < -0.3 is 15.2 Å². The molecular weight excluding hydrogens is 166 g/mol. The summed E-state index contributed by atoms with van der Waals surface area (Å²) in [5.41, 5.74) is -0.503. The zero-order chi connectivity index (χ0) is 9.95. The maximum absolute atomic E-state index is 9.88. The molecule has 2 fully saturated rings. The van der Waals surface area contributed by atoms with Gasteiger partial charge in [-0.1, -0.05) is 13.8 Å². The van der Waals surface area contributed by atoms with Gasteiger partial charge in [0.05, 0.1) is 12.2 Å². The third-order valence-electron chi connectivity index (χ3n) is 2.61. The predicted molar refractivity (Wildman–Crippen MR) is 52.8 cm³/mol. The van der Waals surface area contributed by atoms with Crippen molar-refractivity contribution in [2.45, 2.75) is 44.3 Å². The molecule has 78 valence electrons. The summed E-state index contributed by atoms with van der Waals surface area (Å²) in [6.07, 6.45) is 3.10. The predicted octanol–water partition coefficient (Wildman–Crippen LogP) is 0.916. The first-order chi connectivity index (χ1) is 6.18. The van der Waals surface area contributed by atoms with Crippen molar-refractivity contribution in [2.24, 2.45) is 0 Å². The highest BCUT2D eigenvalue weighted by atomic mass is 16.5. The topological polar surface area (TPSA) is 41.5 Å². The molecule has 1 aliphatic heterocycles. The van der Waals surface area contributed by atoms with Gasteiger partial charge in [-0.05, 0) is 19.9 Å². The van der Waals surface area contributed by atoms with E-state index in [0.29, 0.717) is 13.2 Å². The van der Waals surface area contributed by atoms with E-state index in [2.05, 4.69) is 5.32 Å². The first-order valence-electron chi connectivity index (χ1n) is 5.19. The molecule has 0 radical (unpaired) electrons. The van der Waals surface area contributed by atoms with Crippen molar-refractivity contribution in [3.05, 3.63) is 0 Å². The molecule has 13 heavy (non-hydrogen) atoms. The number of hydrogen-bond donors (Lipinski definition) is 2. The van der Waals surface area contributed by atoms with Crippen LogP contribution in [0, 0.1) is 0 Å². The molecule has 1 unspecified atom stereocenters. The van der Waals surface area contributed by atoms with Crippen LogP contribution in [-0.2, 0) is 4.74 Å². The highest BCUT2D eigenvalue weighted by Crippen LogP contribution is 2.50. The first kappa shape index (κ1) is 11.0. The van der Waals surface area contributed by atoms with Gasteiger partial charge in [-0.3, -0.25) is 0 Å². The van der Waals surface area contributed by atoms with Crippen molar-refractivity contribution in [1.82, 2.24) is 5.32 Å². The van der Waals surface area contributed by atoms with Gasteiger partial charge in [-0.2, -0.15) is 0 Å². The van der Waals surface area contributed by atoms with E-state index in [1.807, 2.05) is 20.9 Å². The van der Waals surface area contributed by atoms with Crippen LogP contribution in [0.3, 0.4) is 0 Å². The summed E-state index contributed by atoms with van der Waals surface area (Å²) in [6, 6.07) is 0. The van der Waals surface area contributed by atoms with Gasteiger partial charge in [0.25, 0.3) is 0 Å². The van der Waals surface area contributed by atoms with Crippen LogP contribution < -0.4 is 5.32 Å². The van der Waals surface area contributed by atoms with Gasteiger partial charge in [-0.15, -0.1) is 0 Å². The molecule has 0 amide bonds. The first-order valence-corrected chi connectivity index (χ1v) is 5.19. The Kier molecular flexibility index (Phi) is 3.33. The molecule has 3 heteroatoms. The maximum atomic E-state index is 9.88. The van der Waals surface area contributed by atoms with E-state index < -0.39 is 5.60 Å². The summed E-state index contributed by atoms with van der Waals surface area (Å²) >= 11 is 0. The Labute approximate surface area is 80.5 Å². The highest BCUT2D eigenvalue weighted by molar-refractivity contribution is 5.07. The third kappa shape index (κ3) is 2.42. The smallest absolute Gasteiger partial charge is 0.103 e. The van der Waals surface area contributed by atoms with Gasteiger partial charge in [-0.25, -0.2) is 0 Å². The molecule has 1 saturated heterocycles. The fraction of sp³-hybridized carbons (Fsp3) is 1.00. The van der Waals surface area contributed by atoms with Crippen molar-refractivity contribution in [1.29, 1.82) is 0 Å². The molecule has 2 aliphatic rings. The summed E-state index contributed by atoms with van der Waals surface area (Å²) in [5.74, 6) is 0. The lowest BCUT2D eigenvalue weighted by molar-refractivity contribution is 0.0205. The molecular formula is C10H21NO2. The molecule has 0 bridgehead atoms.